The highest BCUT2D eigenvalue weighted by atomic mass is 16.6. The maximum absolute atomic E-state index is 12.5. The van der Waals surface area contributed by atoms with Crippen LogP contribution in [0, 0.1) is 0 Å². The van der Waals surface area contributed by atoms with Crippen LogP contribution in [0.4, 0.5) is 9.59 Å². The van der Waals surface area contributed by atoms with Crippen LogP contribution in [0.3, 0.4) is 0 Å². The summed E-state index contributed by atoms with van der Waals surface area (Å²) in [7, 11) is 0. The summed E-state index contributed by atoms with van der Waals surface area (Å²) in [6, 6.07) is 0.167. The van der Waals surface area contributed by atoms with E-state index in [9.17, 15) is 9.59 Å². The average Bonchev–Trinajstić information content (AvgIpc) is 2.66. The van der Waals surface area contributed by atoms with Crippen LogP contribution in [0.1, 0.15) is 73.6 Å². The molecular formula is C23H43N3O5. The summed E-state index contributed by atoms with van der Waals surface area (Å²) in [4.78, 5) is 28.3. The van der Waals surface area contributed by atoms with Crippen LogP contribution in [-0.4, -0.2) is 84.7 Å². The third-order valence-corrected chi connectivity index (χ3v) is 5.36. The van der Waals surface area contributed by atoms with E-state index in [0.717, 1.165) is 51.7 Å². The second-order valence-corrected chi connectivity index (χ2v) is 10.6. The van der Waals surface area contributed by atoms with Crippen LogP contribution in [0.25, 0.3) is 0 Å². The van der Waals surface area contributed by atoms with E-state index in [1.807, 2.05) is 46.4 Å². The van der Waals surface area contributed by atoms with Crippen molar-refractivity contribution in [2.45, 2.75) is 97.0 Å². The summed E-state index contributed by atoms with van der Waals surface area (Å²) in [5.41, 5.74) is -0.938. The Hall–Kier alpha value is -1.54. The first-order valence-corrected chi connectivity index (χ1v) is 11.7. The number of carbonyl (C=O) groups excluding carboxylic acids is 2. The van der Waals surface area contributed by atoms with Crippen molar-refractivity contribution in [3.8, 4) is 0 Å². The van der Waals surface area contributed by atoms with E-state index in [0.29, 0.717) is 19.7 Å². The first-order valence-electron chi connectivity index (χ1n) is 11.7. The average molecular weight is 442 g/mol. The van der Waals surface area contributed by atoms with Crippen molar-refractivity contribution in [1.82, 2.24) is 15.1 Å². The van der Waals surface area contributed by atoms with E-state index >= 15 is 0 Å². The molecule has 2 aliphatic rings. The Morgan fingerprint density at radius 2 is 1.48 bits per heavy atom. The zero-order valence-electron chi connectivity index (χ0n) is 20.4. The lowest BCUT2D eigenvalue weighted by Crippen LogP contribution is -2.50. The molecule has 180 valence electrons. The summed E-state index contributed by atoms with van der Waals surface area (Å²) in [5, 5.41) is 3.44. The topological polar surface area (TPSA) is 80.3 Å². The number of hydrogen-bond donors (Lipinski definition) is 1. The fourth-order valence-corrected chi connectivity index (χ4v) is 3.87. The van der Waals surface area contributed by atoms with Crippen LogP contribution in [0.15, 0.2) is 0 Å². The van der Waals surface area contributed by atoms with Gasteiger partial charge in [0.2, 0.25) is 0 Å². The molecule has 2 amide bonds. The van der Waals surface area contributed by atoms with Crippen molar-refractivity contribution in [2.24, 2.45) is 0 Å². The summed E-state index contributed by atoms with van der Waals surface area (Å²) in [6.45, 7) is 15.6. The molecule has 0 aliphatic carbocycles. The normalized spacial score (nSPS) is 21.2. The molecule has 8 nitrogen and oxygen atoms in total. The summed E-state index contributed by atoms with van der Waals surface area (Å²) in [5.74, 6) is 0. The maximum Gasteiger partial charge on any atom is 0.410 e. The minimum absolute atomic E-state index is 0.167. The lowest BCUT2D eigenvalue weighted by molar-refractivity contribution is -0.0108. The van der Waals surface area contributed by atoms with Gasteiger partial charge in [0, 0.05) is 38.8 Å². The lowest BCUT2D eigenvalue weighted by atomic mass is 10.0. The fraction of sp³-hybridized carbons (Fsp3) is 0.913. The van der Waals surface area contributed by atoms with E-state index in [1.165, 1.54) is 0 Å². The van der Waals surface area contributed by atoms with Crippen molar-refractivity contribution in [2.75, 3.05) is 39.3 Å². The summed E-state index contributed by atoms with van der Waals surface area (Å²) >= 11 is 0. The highest BCUT2D eigenvalue weighted by molar-refractivity contribution is 5.69. The van der Waals surface area contributed by atoms with E-state index < -0.39 is 11.2 Å². The van der Waals surface area contributed by atoms with Gasteiger partial charge in [-0.25, -0.2) is 9.59 Å². The highest BCUT2D eigenvalue weighted by Gasteiger charge is 2.30. The number of amides is 2. The van der Waals surface area contributed by atoms with E-state index in [1.54, 1.807) is 4.90 Å². The van der Waals surface area contributed by atoms with Gasteiger partial charge in [0.25, 0.3) is 0 Å². The third kappa shape index (κ3) is 9.64. The quantitative estimate of drug-likeness (QED) is 0.632. The third-order valence-electron chi connectivity index (χ3n) is 5.36. The molecule has 0 aromatic rings. The second kappa shape index (κ2) is 11.4. The van der Waals surface area contributed by atoms with Crippen LogP contribution >= 0.6 is 0 Å². The number of piperidine rings is 2. The molecule has 2 saturated heterocycles. The summed E-state index contributed by atoms with van der Waals surface area (Å²) < 4.78 is 17.0. The van der Waals surface area contributed by atoms with Gasteiger partial charge < -0.3 is 29.3 Å². The predicted molar refractivity (Wildman–Crippen MR) is 120 cm³/mol. The number of carbonyl (C=O) groups is 2. The van der Waals surface area contributed by atoms with E-state index in [4.69, 9.17) is 14.2 Å². The number of nitrogens with one attached hydrogen (secondary N) is 1. The van der Waals surface area contributed by atoms with Crippen LogP contribution in [0.2, 0.25) is 0 Å². The number of ether oxygens (including phenoxy) is 3. The lowest BCUT2D eigenvalue weighted by Gasteiger charge is -2.37. The van der Waals surface area contributed by atoms with Gasteiger partial charge in [-0.1, -0.05) is 0 Å². The van der Waals surface area contributed by atoms with Crippen molar-refractivity contribution < 1.29 is 23.8 Å². The Kier molecular flexibility index (Phi) is 9.43. The predicted octanol–water partition coefficient (Wildman–Crippen LogP) is 3.78. The molecule has 2 heterocycles. The molecule has 0 aromatic heterocycles. The molecule has 0 bridgehead atoms. The monoisotopic (exact) mass is 441 g/mol. The fourth-order valence-electron chi connectivity index (χ4n) is 3.87. The zero-order valence-corrected chi connectivity index (χ0v) is 20.4. The second-order valence-electron chi connectivity index (χ2n) is 10.6. The van der Waals surface area contributed by atoms with Gasteiger partial charge in [0.15, 0.2) is 0 Å². The molecule has 31 heavy (non-hydrogen) atoms. The molecule has 2 aliphatic heterocycles. The van der Waals surface area contributed by atoms with Gasteiger partial charge in [-0.3, -0.25) is 0 Å². The molecule has 1 atom stereocenters. The standard InChI is InChI=1S/C23H43N3O5/c1-22(2,3)30-20(27)25-14-10-19(11-15-25)29-16-12-24-17-18-9-7-8-13-26(18)21(28)31-23(4,5)6/h18-19,24H,7-17H2,1-6H3. The molecular weight excluding hydrogens is 398 g/mol. The molecule has 8 heteroatoms. The smallest absolute Gasteiger partial charge is 0.410 e. The Balaban J connectivity index is 1.62. The first kappa shape index (κ1) is 25.7. The van der Waals surface area contributed by atoms with Gasteiger partial charge in [-0.2, -0.15) is 0 Å². The molecule has 2 fully saturated rings. The molecule has 0 saturated carbocycles. The van der Waals surface area contributed by atoms with Crippen LogP contribution in [0.5, 0.6) is 0 Å². The van der Waals surface area contributed by atoms with Crippen molar-refractivity contribution in [3.05, 3.63) is 0 Å². The molecule has 0 aromatic carbocycles. The van der Waals surface area contributed by atoms with Crippen molar-refractivity contribution in [1.29, 1.82) is 0 Å². The van der Waals surface area contributed by atoms with Gasteiger partial charge in [0.1, 0.15) is 11.2 Å². The van der Waals surface area contributed by atoms with Gasteiger partial charge in [0.05, 0.1) is 12.7 Å². The zero-order chi connectivity index (χ0) is 23.1. The highest BCUT2D eigenvalue weighted by Crippen LogP contribution is 2.20. The van der Waals surface area contributed by atoms with E-state index in [2.05, 4.69) is 5.32 Å². The Labute approximate surface area is 187 Å². The molecule has 1 N–H and O–H groups in total. The molecule has 1 unspecified atom stereocenters. The van der Waals surface area contributed by atoms with Crippen molar-refractivity contribution in [3.63, 3.8) is 0 Å². The number of nitrogens with zero attached hydrogens (tertiary/aromatic N) is 2. The van der Waals surface area contributed by atoms with Crippen LogP contribution < -0.4 is 5.32 Å². The number of likely N-dealkylation sites (tertiary alicyclic amines) is 2. The Morgan fingerprint density at radius 1 is 0.871 bits per heavy atom. The van der Waals surface area contributed by atoms with Crippen LogP contribution in [-0.2, 0) is 14.2 Å². The summed E-state index contributed by atoms with van der Waals surface area (Å²) in [6.07, 6.45) is 4.54. The van der Waals surface area contributed by atoms with E-state index in [-0.39, 0.29) is 24.3 Å². The van der Waals surface area contributed by atoms with Gasteiger partial charge in [-0.15, -0.1) is 0 Å². The van der Waals surface area contributed by atoms with Gasteiger partial charge >= 0.3 is 12.2 Å². The number of hydrogen-bond acceptors (Lipinski definition) is 6. The maximum atomic E-state index is 12.5. The molecule has 0 spiro atoms. The molecule has 2 rings (SSSR count). The van der Waals surface area contributed by atoms with Crippen molar-refractivity contribution >= 4 is 12.2 Å². The number of rotatable bonds is 6. The first-order chi connectivity index (χ1) is 14.4. The largest absolute Gasteiger partial charge is 0.444 e. The SMILES string of the molecule is CC(C)(C)OC(=O)N1CCC(OCCNCC2CCCCN2C(=O)OC(C)(C)C)CC1. The Bertz CT molecular complexity index is 577. The Morgan fingerprint density at radius 3 is 2.10 bits per heavy atom. The minimum Gasteiger partial charge on any atom is -0.444 e. The minimum atomic E-state index is -0.473. The van der Waals surface area contributed by atoms with Gasteiger partial charge in [-0.05, 0) is 73.6 Å². The molecule has 0 radical (unpaired) electrons.